The van der Waals surface area contributed by atoms with Gasteiger partial charge in [0.05, 0.1) is 5.92 Å². The molecule has 1 aromatic rings. The molecule has 2 aliphatic heterocycles. The van der Waals surface area contributed by atoms with Crippen molar-refractivity contribution in [2.45, 2.75) is 32.1 Å². The zero-order valence-electron chi connectivity index (χ0n) is 13.5. The Balaban J connectivity index is 1.45. The molecule has 2 fully saturated rings. The second kappa shape index (κ2) is 7.81. The standard InChI is InChI=1S/C17H25N3O2S/c21-16(18-8-7-15-6-4-12-23-15)14-5-3-11-20(13-14)17(22)19-9-1-2-10-19/h4,6,12,14H,1-3,5,7-11,13H2,(H,18,21). The summed E-state index contributed by atoms with van der Waals surface area (Å²) in [6, 6.07) is 4.25. The van der Waals surface area contributed by atoms with E-state index in [9.17, 15) is 9.59 Å². The minimum absolute atomic E-state index is 0.0568. The van der Waals surface area contributed by atoms with Crippen LogP contribution in [0.15, 0.2) is 17.5 Å². The number of carbonyl (C=O) groups is 2. The number of hydrogen-bond donors (Lipinski definition) is 1. The Morgan fingerprint density at radius 3 is 2.70 bits per heavy atom. The number of urea groups is 1. The minimum atomic E-state index is -0.0568. The van der Waals surface area contributed by atoms with Crippen molar-refractivity contribution in [3.8, 4) is 0 Å². The van der Waals surface area contributed by atoms with Gasteiger partial charge in [-0.2, -0.15) is 0 Å². The highest BCUT2D eigenvalue weighted by molar-refractivity contribution is 7.09. The lowest BCUT2D eigenvalue weighted by atomic mass is 9.97. The van der Waals surface area contributed by atoms with Crippen molar-refractivity contribution in [2.75, 3.05) is 32.7 Å². The molecular formula is C17H25N3O2S. The monoisotopic (exact) mass is 335 g/mol. The Labute approximate surface area is 141 Å². The van der Waals surface area contributed by atoms with Crippen molar-refractivity contribution in [3.63, 3.8) is 0 Å². The molecular weight excluding hydrogens is 310 g/mol. The number of amides is 3. The van der Waals surface area contributed by atoms with Crippen LogP contribution in [0.4, 0.5) is 4.79 Å². The molecule has 3 rings (SSSR count). The van der Waals surface area contributed by atoms with Gasteiger partial charge in [0.25, 0.3) is 0 Å². The molecule has 3 heterocycles. The highest BCUT2D eigenvalue weighted by Gasteiger charge is 2.31. The first kappa shape index (κ1) is 16.3. The van der Waals surface area contributed by atoms with E-state index in [1.165, 1.54) is 4.88 Å². The Morgan fingerprint density at radius 2 is 1.96 bits per heavy atom. The van der Waals surface area contributed by atoms with E-state index in [4.69, 9.17) is 0 Å². The number of hydrogen-bond acceptors (Lipinski definition) is 3. The summed E-state index contributed by atoms with van der Waals surface area (Å²) in [6.07, 6.45) is 4.89. The largest absolute Gasteiger partial charge is 0.355 e. The fourth-order valence-corrected chi connectivity index (χ4v) is 4.09. The third kappa shape index (κ3) is 4.25. The lowest BCUT2D eigenvalue weighted by molar-refractivity contribution is -0.126. The van der Waals surface area contributed by atoms with E-state index < -0.39 is 0 Å². The summed E-state index contributed by atoms with van der Waals surface area (Å²) in [5.74, 6) is 0.0408. The van der Waals surface area contributed by atoms with Gasteiger partial charge >= 0.3 is 6.03 Å². The fourth-order valence-electron chi connectivity index (χ4n) is 3.38. The van der Waals surface area contributed by atoms with Gasteiger partial charge in [0.2, 0.25) is 5.91 Å². The van der Waals surface area contributed by atoms with Crippen LogP contribution in [0.1, 0.15) is 30.6 Å². The third-order valence-electron chi connectivity index (χ3n) is 4.69. The van der Waals surface area contributed by atoms with E-state index in [1.54, 1.807) is 11.3 Å². The van der Waals surface area contributed by atoms with Crippen molar-refractivity contribution < 1.29 is 9.59 Å². The van der Waals surface area contributed by atoms with Crippen LogP contribution in [0.5, 0.6) is 0 Å². The lowest BCUT2D eigenvalue weighted by Crippen LogP contribution is -2.49. The molecule has 1 N–H and O–H groups in total. The van der Waals surface area contributed by atoms with Gasteiger partial charge in [-0.3, -0.25) is 4.79 Å². The summed E-state index contributed by atoms with van der Waals surface area (Å²) in [6.45, 7) is 3.77. The molecule has 3 amide bonds. The summed E-state index contributed by atoms with van der Waals surface area (Å²) >= 11 is 1.72. The number of piperidine rings is 1. The van der Waals surface area contributed by atoms with Gasteiger partial charge in [0.15, 0.2) is 0 Å². The molecule has 126 valence electrons. The maximum Gasteiger partial charge on any atom is 0.320 e. The van der Waals surface area contributed by atoms with Crippen LogP contribution >= 0.6 is 11.3 Å². The van der Waals surface area contributed by atoms with Gasteiger partial charge in [0, 0.05) is 37.6 Å². The van der Waals surface area contributed by atoms with Crippen molar-refractivity contribution >= 4 is 23.3 Å². The van der Waals surface area contributed by atoms with Crippen LogP contribution in [0, 0.1) is 5.92 Å². The second-order valence-electron chi connectivity index (χ2n) is 6.38. The Bertz CT molecular complexity index is 526. The van der Waals surface area contributed by atoms with Crippen LogP contribution < -0.4 is 5.32 Å². The number of nitrogens with one attached hydrogen (secondary N) is 1. The zero-order chi connectivity index (χ0) is 16.1. The molecule has 0 aliphatic carbocycles. The van der Waals surface area contributed by atoms with E-state index in [0.29, 0.717) is 13.1 Å². The quantitative estimate of drug-likeness (QED) is 0.918. The summed E-state index contributed by atoms with van der Waals surface area (Å²) in [4.78, 5) is 29.9. The molecule has 0 saturated carbocycles. The van der Waals surface area contributed by atoms with Crippen LogP contribution in [-0.2, 0) is 11.2 Å². The van der Waals surface area contributed by atoms with E-state index in [1.807, 2.05) is 15.9 Å². The summed E-state index contributed by atoms with van der Waals surface area (Å²) in [5.41, 5.74) is 0. The number of nitrogens with zero attached hydrogens (tertiary/aromatic N) is 2. The molecule has 0 aromatic carbocycles. The fraction of sp³-hybridized carbons (Fsp3) is 0.647. The first-order valence-electron chi connectivity index (χ1n) is 8.58. The molecule has 6 heteroatoms. The van der Waals surface area contributed by atoms with E-state index in [0.717, 1.165) is 51.7 Å². The number of rotatable bonds is 4. The van der Waals surface area contributed by atoms with Gasteiger partial charge in [-0.05, 0) is 43.6 Å². The molecule has 0 spiro atoms. The lowest BCUT2D eigenvalue weighted by Gasteiger charge is -2.34. The van der Waals surface area contributed by atoms with Crippen LogP contribution in [0.3, 0.4) is 0 Å². The number of thiophene rings is 1. The maximum atomic E-state index is 12.5. The van der Waals surface area contributed by atoms with Crippen LogP contribution in [-0.4, -0.2) is 54.5 Å². The second-order valence-corrected chi connectivity index (χ2v) is 7.41. The van der Waals surface area contributed by atoms with E-state index in [2.05, 4.69) is 16.8 Å². The minimum Gasteiger partial charge on any atom is -0.355 e. The SMILES string of the molecule is O=C(NCCc1cccs1)C1CCCN(C(=O)N2CCCC2)C1. The highest BCUT2D eigenvalue weighted by Crippen LogP contribution is 2.20. The molecule has 0 radical (unpaired) electrons. The van der Waals surface area contributed by atoms with Crippen LogP contribution in [0.2, 0.25) is 0 Å². The van der Waals surface area contributed by atoms with Crippen LogP contribution in [0.25, 0.3) is 0 Å². The molecule has 23 heavy (non-hydrogen) atoms. The first-order chi connectivity index (χ1) is 11.2. The summed E-state index contributed by atoms with van der Waals surface area (Å²) in [7, 11) is 0. The molecule has 0 bridgehead atoms. The molecule has 5 nitrogen and oxygen atoms in total. The Kier molecular flexibility index (Phi) is 5.54. The molecule has 1 unspecified atom stereocenters. The van der Waals surface area contributed by atoms with Gasteiger partial charge < -0.3 is 15.1 Å². The van der Waals surface area contributed by atoms with Gasteiger partial charge in [-0.15, -0.1) is 11.3 Å². The first-order valence-corrected chi connectivity index (χ1v) is 9.46. The normalized spacial score (nSPS) is 21.5. The summed E-state index contributed by atoms with van der Waals surface area (Å²) in [5, 5.41) is 5.09. The number of likely N-dealkylation sites (tertiary alicyclic amines) is 2. The molecule has 2 saturated heterocycles. The third-order valence-corrected chi connectivity index (χ3v) is 5.63. The van der Waals surface area contributed by atoms with Crippen molar-refractivity contribution in [1.29, 1.82) is 0 Å². The predicted octanol–water partition coefficient (Wildman–Crippen LogP) is 2.33. The molecule has 1 aromatic heterocycles. The summed E-state index contributed by atoms with van der Waals surface area (Å²) < 4.78 is 0. The topological polar surface area (TPSA) is 52.7 Å². The smallest absolute Gasteiger partial charge is 0.320 e. The van der Waals surface area contributed by atoms with Gasteiger partial charge in [0.1, 0.15) is 0 Å². The number of carbonyl (C=O) groups excluding carboxylic acids is 2. The highest BCUT2D eigenvalue weighted by atomic mass is 32.1. The van der Waals surface area contributed by atoms with E-state index in [-0.39, 0.29) is 17.9 Å². The molecule has 1 atom stereocenters. The maximum absolute atomic E-state index is 12.5. The Morgan fingerprint density at radius 1 is 1.17 bits per heavy atom. The average molecular weight is 335 g/mol. The van der Waals surface area contributed by atoms with Gasteiger partial charge in [-0.1, -0.05) is 6.07 Å². The Hall–Kier alpha value is -1.56. The van der Waals surface area contributed by atoms with Crippen molar-refractivity contribution in [2.24, 2.45) is 5.92 Å². The zero-order valence-corrected chi connectivity index (χ0v) is 14.3. The molecule has 2 aliphatic rings. The van der Waals surface area contributed by atoms with Crippen molar-refractivity contribution in [1.82, 2.24) is 15.1 Å². The van der Waals surface area contributed by atoms with Crippen molar-refractivity contribution in [3.05, 3.63) is 22.4 Å². The van der Waals surface area contributed by atoms with E-state index >= 15 is 0 Å². The predicted molar refractivity (Wildman–Crippen MR) is 91.5 cm³/mol. The van der Waals surface area contributed by atoms with Gasteiger partial charge in [-0.25, -0.2) is 4.79 Å². The average Bonchev–Trinajstić information content (AvgIpc) is 3.28.